The van der Waals surface area contributed by atoms with Crippen molar-refractivity contribution in [1.29, 1.82) is 0 Å². The Kier molecular flexibility index (Phi) is 7.43. The van der Waals surface area contributed by atoms with E-state index in [0.29, 0.717) is 12.2 Å². The molecule has 1 aliphatic rings. The van der Waals surface area contributed by atoms with Crippen molar-refractivity contribution in [2.24, 2.45) is 0 Å². The molecule has 7 nitrogen and oxygen atoms in total. The second kappa shape index (κ2) is 9.33. The molecule has 0 saturated carbocycles. The number of carbonyl (C=O) groups is 2. The van der Waals surface area contributed by atoms with Gasteiger partial charge >= 0.3 is 0 Å². The predicted octanol–water partition coefficient (Wildman–Crippen LogP) is 2.02. The van der Waals surface area contributed by atoms with E-state index in [-0.39, 0.29) is 23.8 Å². The van der Waals surface area contributed by atoms with Gasteiger partial charge in [-0.25, -0.2) is 0 Å². The van der Waals surface area contributed by atoms with Crippen LogP contribution in [-0.4, -0.2) is 59.1 Å². The van der Waals surface area contributed by atoms with Gasteiger partial charge in [-0.3, -0.25) is 19.6 Å². The van der Waals surface area contributed by atoms with Gasteiger partial charge in [0.2, 0.25) is 5.91 Å². The van der Waals surface area contributed by atoms with Gasteiger partial charge < -0.3 is 10.6 Å². The molecule has 0 radical (unpaired) electrons. The lowest BCUT2D eigenvalue weighted by Crippen LogP contribution is -2.47. The molecule has 0 aliphatic carbocycles. The quantitative estimate of drug-likeness (QED) is 0.637. The van der Waals surface area contributed by atoms with Gasteiger partial charge in [0.15, 0.2) is 5.69 Å². The first-order chi connectivity index (χ1) is 11.9. The average molecular weight is 414 g/mol. The fourth-order valence-electron chi connectivity index (χ4n) is 2.89. The molecule has 0 spiro atoms. The SMILES string of the molecule is CCCNC(=O)CN1CCC(NC(=O)c2n[nH]c(C(C)C)c2Br)CC1. The lowest BCUT2D eigenvalue weighted by molar-refractivity contribution is -0.122. The molecule has 140 valence electrons. The number of hydrogen-bond donors (Lipinski definition) is 3. The van der Waals surface area contributed by atoms with Gasteiger partial charge in [0.25, 0.3) is 5.91 Å². The Morgan fingerprint density at radius 3 is 2.60 bits per heavy atom. The third kappa shape index (κ3) is 5.54. The molecule has 1 aromatic heterocycles. The largest absolute Gasteiger partial charge is 0.355 e. The molecule has 1 saturated heterocycles. The van der Waals surface area contributed by atoms with Crippen molar-refractivity contribution < 1.29 is 9.59 Å². The molecule has 2 heterocycles. The fraction of sp³-hybridized carbons (Fsp3) is 0.706. The number of piperidine rings is 1. The molecule has 25 heavy (non-hydrogen) atoms. The van der Waals surface area contributed by atoms with Crippen molar-refractivity contribution in [1.82, 2.24) is 25.7 Å². The molecule has 0 unspecified atom stereocenters. The summed E-state index contributed by atoms with van der Waals surface area (Å²) >= 11 is 3.47. The minimum absolute atomic E-state index is 0.0750. The van der Waals surface area contributed by atoms with E-state index in [1.54, 1.807) is 0 Å². The van der Waals surface area contributed by atoms with Crippen molar-refractivity contribution >= 4 is 27.7 Å². The highest BCUT2D eigenvalue weighted by Crippen LogP contribution is 2.25. The van der Waals surface area contributed by atoms with Gasteiger partial charge in [-0.1, -0.05) is 20.8 Å². The summed E-state index contributed by atoms with van der Waals surface area (Å²) in [6.07, 6.45) is 2.62. The van der Waals surface area contributed by atoms with Crippen LogP contribution >= 0.6 is 15.9 Å². The van der Waals surface area contributed by atoms with Crippen LogP contribution in [0.5, 0.6) is 0 Å². The molecule has 0 aromatic carbocycles. The standard InChI is InChI=1S/C17H28BrN5O2/c1-4-7-19-13(24)10-23-8-5-12(6-9-23)20-17(25)16-14(18)15(11(2)3)21-22-16/h11-12H,4-10H2,1-3H3,(H,19,24)(H,20,25)(H,21,22). The topological polar surface area (TPSA) is 90.1 Å². The first kappa shape index (κ1) is 19.9. The Hall–Kier alpha value is -1.41. The van der Waals surface area contributed by atoms with E-state index in [4.69, 9.17) is 0 Å². The zero-order valence-corrected chi connectivity index (χ0v) is 16.8. The van der Waals surface area contributed by atoms with Crippen molar-refractivity contribution in [3.05, 3.63) is 15.9 Å². The Morgan fingerprint density at radius 1 is 1.36 bits per heavy atom. The summed E-state index contributed by atoms with van der Waals surface area (Å²) in [7, 11) is 0. The highest BCUT2D eigenvalue weighted by molar-refractivity contribution is 9.10. The second-order valence-corrected chi connectivity index (χ2v) is 7.62. The Labute approximate surface area is 157 Å². The third-order valence-corrected chi connectivity index (χ3v) is 5.19. The van der Waals surface area contributed by atoms with E-state index in [1.807, 2.05) is 20.8 Å². The van der Waals surface area contributed by atoms with Gasteiger partial charge in [-0.15, -0.1) is 0 Å². The van der Waals surface area contributed by atoms with E-state index in [9.17, 15) is 9.59 Å². The molecule has 0 bridgehead atoms. The van der Waals surface area contributed by atoms with Crippen LogP contribution < -0.4 is 10.6 Å². The van der Waals surface area contributed by atoms with Gasteiger partial charge in [0, 0.05) is 25.7 Å². The number of H-pyrrole nitrogens is 1. The number of nitrogens with one attached hydrogen (secondary N) is 3. The molecule has 1 aromatic rings. The lowest BCUT2D eigenvalue weighted by Gasteiger charge is -2.31. The second-order valence-electron chi connectivity index (χ2n) is 6.83. The van der Waals surface area contributed by atoms with Gasteiger partial charge in [0.05, 0.1) is 16.7 Å². The van der Waals surface area contributed by atoms with Crippen LogP contribution in [-0.2, 0) is 4.79 Å². The summed E-state index contributed by atoms with van der Waals surface area (Å²) < 4.78 is 0.741. The molecule has 8 heteroatoms. The Balaban J connectivity index is 1.80. The van der Waals surface area contributed by atoms with Gasteiger partial charge in [-0.05, 0) is 41.1 Å². The first-order valence-corrected chi connectivity index (χ1v) is 9.75. The number of nitrogens with zero attached hydrogens (tertiary/aromatic N) is 2. The third-order valence-electron chi connectivity index (χ3n) is 4.39. The Bertz CT molecular complexity index is 594. The summed E-state index contributed by atoms with van der Waals surface area (Å²) in [5.74, 6) is 0.186. The van der Waals surface area contributed by atoms with Crippen LogP contribution in [0.25, 0.3) is 0 Å². The number of halogens is 1. The number of aromatic amines is 1. The maximum atomic E-state index is 12.4. The summed E-state index contributed by atoms with van der Waals surface area (Å²) in [6, 6.07) is 0.119. The first-order valence-electron chi connectivity index (χ1n) is 8.96. The van der Waals surface area contributed by atoms with E-state index < -0.39 is 0 Å². The van der Waals surface area contributed by atoms with Crippen LogP contribution in [0.15, 0.2) is 4.47 Å². The zero-order valence-electron chi connectivity index (χ0n) is 15.2. The molecule has 0 atom stereocenters. The van der Waals surface area contributed by atoms with Crippen molar-refractivity contribution in [2.45, 2.75) is 52.0 Å². The summed E-state index contributed by atoms with van der Waals surface area (Å²) in [4.78, 5) is 26.3. The fourth-order valence-corrected chi connectivity index (χ4v) is 3.70. The highest BCUT2D eigenvalue weighted by atomic mass is 79.9. The summed E-state index contributed by atoms with van der Waals surface area (Å²) in [5.41, 5.74) is 1.34. The number of rotatable bonds is 7. The molecular formula is C17H28BrN5O2. The van der Waals surface area contributed by atoms with Crippen molar-refractivity contribution in [3.63, 3.8) is 0 Å². The van der Waals surface area contributed by atoms with E-state index in [1.165, 1.54) is 0 Å². The molecule has 1 fully saturated rings. The number of likely N-dealkylation sites (tertiary alicyclic amines) is 1. The monoisotopic (exact) mass is 413 g/mol. The van der Waals surface area contributed by atoms with E-state index in [0.717, 1.165) is 49.1 Å². The summed E-state index contributed by atoms with van der Waals surface area (Å²) in [6.45, 7) is 8.91. The van der Waals surface area contributed by atoms with Crippen LogP contribution in [0.3, 0.4) is 0 Å². The van der Waals surface area contributed by atoms with E-state index >= 15 is 0 Å². The maximum Gasteiger partial charge on any atom is 0.273 e. The molecule has 3 N–H and O–H groups in total. The van der Waals surface area contributed by atoms with E-state index in [2.05, 4.69) is 41.7 Å². The average Bonchev–Trinajstić information content (AvgIpc) is 2.96. The zero-order chi connectivity index (χ0) is 18.4. The smallest absolute Gasteiger partial charge is 0.273 e. The van der Waals surface area contributed by atoms with Crippen LogP contribution in [0, 0.1) is 0 Å². The molecule has 1 aliphatic heterocycles. The van der Waals surface area contributed by atoms with Crippen LogP contribution in [0.4, 0.5) is 0 Å². The van der Waals surface area contributed by atoms with Crippen molar-refractivity contribution in [2.75, 3.05) is 26.2 Å². The van der Waals surface area contributed by atoms with Crippen LogP contribution in [0.2, 0.25) is 0 Å². The summed E-state index contributed by atoms with van der Waals surface area (Å²) in [5, 5.41) is 13.0. The van der Waals surface area contributed by atoms with Gasteiger partial charge in [-0.2, -0.15) is 5.10 Å². The molecule has 2 amide bonds. The number of carbonyl (C=O) groups excluding carboxylic acids is 2. The molecule has 2 rings (SSSR count). The highest BCUT2D eigenvalue weighted by Gasteiger charge is 2.25. The minimum Gasteiger partial charge on any atom is -0.355 e. The number of hydrogen-bond acceptors (Lipinski definition) is 4. The minimum atomic E-state index is -0.158. The lowest BCUT2D eigenvalue weighted by atomic mass is 10.0. The van der Waals surface area contributed by atoms with Gasteiger partial charge in [0.1, 0.15) is 0 Å². The number of aromatic nitrogens is 2. The maximum absolute atomic E-state index is 12.4. The number of amides is 2. The van der Waals surface area contributed by atoms with Crippen LogP contribution in [0.1, 0.15) is 62.1 Å². The Morgan fingerprint density at radius 2 is 2.04 bits per heavy atom. The normalized spacial score (nSPS) is 16.2. The predicted molar refractivity (Wildman–Crippen MR) is 101 cm³/mol. The molecular weight excluding hydrogens is 386 g/mol. The van der Waals surface area contributed by atoms with Crippen molar-refractivity contribution in [3.8, 4) is 0 Å².